The lowest BCUT2D eigenvalue weighted by Gasteiger charge is -2.07. The normalized spacial score (nSPS) is 13.2. The highest BCUT2D eigenvalue weighted by Gasteiger charge is 2.22. The van der Waals surface area contributed by atoms with Gasteiger partial charge in [0, 0.05) is 26.9 Å². The molecule has 1 aliphatic rings. The molecular weight excluding hydrogens is 362 g/mol. The summed E-state index contributed by atoms with van der Waals surface area (Å²) in [5.41, 5.74) is 9.68. The third-order valence-corrected chi connectivity index (χ3v) is 7.11. The monoisotopic (exact) mass is 379 g/mol. The zero-order valence-corrected chi connectivity index (χ0v) is 16.3. The maximum atomic E-state index is 2.51. The van der Waals surface area contributed by atoms with Crippen molar-refractivity contribution in [1.29, 1.82) is 0 Å². The van der Waals surface area contributed by atoms with E-state index in [2.05, 4.69) is 95.4 Å². The van der Waals surface area contributed by atoms with Crippen molar-refractivity contribution in [2.24, 2.45) is 0 Å². The Balaban J connectivity index is 1.62. The van der Waals surface area contributed by atoms with Crippen LogP contribution in [0.25, 0.3) is 60.0 Å². The van der Waals surface area contributed by atoms with Crippen LogP contribution in [0.3, 0.4) is 0 Å². The molecule has 0 unspecified atom stereocenters. The lowest BCUT2D eigenvalue weighted by atomic mass is 9.98. The molecule has 138 valence electrons. The van der Waals surface area contributed by atoms with Gasteiger partial charge >= 0.3 is 0 Å². The molecule has 7 aromatic rings. The lowest BCUT2D eigenvalue weighted by Crippen LogP contribution is -1.86. The molecule has 0 amide bonds. The van der Waals surface area contributed by atoms with Gasteiger partial charge in [0.25, 0.3) is 0 Å². The molecule has 0 N–H and O–H groups in total. The Kier molecular flexibility index (Phi) is 2.51. The van der Waals surface area contributed by atoms with Crippen molar-refractivity contribution in [3.63, 3.8) is 0 Å². The number of hydrogen-bond acceptors (Lipinski definition) is 0. The molecular formula is C29H17N. The topological polar surface area (TPSA) is 4.41 Å². The SMILES string of the molecule is c1ccc2c(c1)Cc1cc3c(ccc4c5cccc6c7ccccc7n(c34)c65)cc1-2. The quantitative estimate of drug-likeness (QED) is 0.256. The van der Waals surface area contributed by atoms with E-state index in [0.29, 0.717) is 0 Å². The standard InChI is InChI=1S/C29H17N/c1-2-7-20-17(6-1)14-19-16-26-18(15-25(19)20)12-13-24-23-10-5-9-22-21-8-3-4-11-27(21)30(28(22)23)29(24)26/h1-13,15-16H,14H2. The molecule has 1 aliphatic carbocycles. The molecule has 0 bridgehead atoms. The van der Waals surface area contributed by atoms with Crippen molar-refractivity contribution in [3.8, 4) is 11.1 Å². The van der Waals surface area contributed by atoms with Crippen LogP contribution in [0.2, 0.25) is 0 Å². The van der Waals surface area contributed by atoms with Crippen LogP contribution >= 0.6 is 0 Å². The Morgan fingerprint density at radius 2 is 1.23 bits per heavy atom. The maximum Gasteiger partial charge on any atom is 0.0620 e. The third kappa shape index (κ3) is 1.63. The molecule has 5 aromatic carbocycles. The molecule has 0 saturated carbocycles. The second-order valence-electron chi connectivity index (χ2n) is 8.58. The fraction of sp³-hybridized carbons (Fsp3) is 0.0345. The van der Waals surface area contributed by atoms with Crippen molar-refractivity contribution in [2.45, 2.75) is 6.42 Å². The van der Waals surface area contributed by atoms with Crippen molar-refractivity contribution in [1.82, 2.24) is 4.40 Å². The first-order valence-electron chi connectivity index (χ1n) is 10.6. The number of fused-ring (bicyclic) bond motifs is 11. The van der Waals surface area contributed by atoms with Gasteiger partial charge in [-0.1, -0.05) is 72.8 Å². The van der Waals surface area contributed by atoms with Crippen LogP contribution < -0.4 is 0 Å². The summed E-state index contributed by atoms with van der Waals surface area (Å²) in [5.74, 6) is 0. The summed E-state index contributed by atoms with van der Waals surface area (Å²) in [4.78, 5) is 0. The van der Waals surface area contributed by atoms with E-state index < -0.39 is 0 Å². The zero-order valence-electron chi connectivity index (χ0n) is 16.3. The minimum Gasteiger partial charge on any atom is -0.307 e. The van der Waals surface area contributed by atoms with Crippen molar-refractivity contribution in [3.05, 3.63) is 102 Å². The third-order valence-electron chi connectivity index (χ3n) is 7.11. The summed E-state index contributed by atoms with van der Waals surface area (Å²) in [6.45, 7) is 0. The van der Waals surface area contributed by atoms with Crippen molar-refractivity contribution >= 4 is 48.9 Å². The van der Waals surface area contributed by atoms with Gasteiger partial charge < -0.3 is 4.40 Å². The molecule has 30 heavy (non-hydrogen) atoms. The van der Waals surface area contributed by atoms with Crippen LogP contribution in [0.4, 0.5) is 0 Å². The summed E-state index contributed by atoms with van der Waals surface area (Å²) >= 11 is 0. The van der Waals surface area contributed by atoms with E-state index in [-0.39, 0.29) is 0 Å². The molecule has 0 spiro atoms. The summed E-state index contributed by atoms with van der Waals surface area (Å²) in [5, 5.41) is 8.07. The number of benzene rings is 5. The Morgan fingerprint density at radius 1 is 0.500 bits per heavy atom. The number of aromatic nitrogens is 1. The average molecular weight is 379 g/mol. The van der Waals surface area contributed by atoms with E-state index >= 15 is 0 Å². The van der Waals surface area contributed by atoms with Gasteiger partial charge in [-0.15, -0.1) is 0 Å². The summed E-state index contributed by atoms with van der Waals surface area (Å²) in [6.07, 6.45) is 1.03. The molecule has 8 rings (SSSR count). The molecule has 0 fully saturated rings. The van der Waals surface area contributed by atoms with Gasteiger partial charge in [-0.05, 0) is 52.3 Å². The van der Waals surface area contributed by atoms with Crippen LogP contribution in [0.15, 0.2) is 91.0 Å². The average Bonchev–Trinajstić information content (AvgIpc) is 3.44. The van der Waals surface area contributed by atoms with E-state index in [9.17, 15) is 0 Å². The summed E-state index contributed by atoms with van der Waals surface area (Å²) in [7, 11) is 0. The molecule has 2 aromatic heterocycles. The summed E-state index contributed by atoms with van der Waals surface area (Å²) in [6, 6.07) is 33.9. The van der Waals surface area contributed by atoms with Crippen LogP contribution in [-0.2, 0) is 6.42 Å². The van der Waals surface area contributed by atoms with Crippen LogP contribution in [0.1, 0.15) is 11.1 Å². The minimum absolute atomic E-state index is 1.03. The lowest BCUT2D eigenvalue weighted by molar-refractivity contribution is 1.27. The smallest absolute Gasteiger partial charge is 0.0620 e. The molecule has 0 radical (unpaired) electrons. The summed E-state index contributed by atoms with van der Waals surface area (Å²) < 4.78 is 2.51. The van der Waals surface area contributed by atoms with Gasteiger partial charge in [0.15, 0.2) is 0 Å². The van der Waals surface area contributed by atoms with Crippen molar-refractivity contribution in [2.75, 3.05) is 0 Å². The van der Waals surface area contributed by atoms with Gasteiger partial charge in [-0.25, -0.2) is 0 Å². The first-order valence-corrected chi connectivity index (χ1v) is 10.6. The maximum absolute atomic E-state index is 2.51. The Labute approximate surface area is 173 Å². The van der Waals surface area contributed by atoms with Gasteiger partial charge in [0.05, 0.1) is 16.6 Å². The van der Waals surface area contributed by atoms with E-state index in [4.69, 9.17) is 0 Å². The molecule has 0 saturated heterocycles. The number of hydrogen-bond donors (Lipinski definition) is 0. The van der Waals surface area contributed by atoms with E-state index in [1.165, 1.54) is 71.1 Å². The fourth-order valence-electron chi connectivity index (χ4n) is 5.87. The fourth-order valence-corrected chi connectivity index (χ4v) is 5.87. The highest BCUT2D eigenvalue weighted by atomic mass is 14.9. The molecule has 0 atom stereocenters. The van der Waals surface area contributed by atoms with Gasteiger partial charge in [-0.2, -0.15) is 0 Å². The Morgan fingerprint density at radius 3 is 2.20 bits per heavy atom. The second-order valence-corrected chi connectivity index (χ2v) is 8.58. The number of para-hydroxylation sites is 2. The highest BCUT2D eigenvalue weighted by molar-refractivity contribution is 6.27. The van der Waals surface area contributed by atoms with E-state index in [0.717, 1.165) is 6.42 Å². The van der Waals surface area contributed by atoms with Gasteiger partial charge in [0.2, 0.25) is 0 Å². The van der Waals surface area contributed by atoms with E-state index in [1.54, 1.807) is 0 Å². The van der Waals surface area contributed by atoms with Crippen LogP contribution in [-0.4, -0.2) is 4.40 Å². The Hall–Kier alpha value is -3.84. The molecule has 0 aliphatic heterocycles. The van der Waals surface area contributed by atoms with Crippen LogP contribution in [0.5, 0.6) is 0 Å². The number of nitrogens with zero attached hydrogens (tertiary/aromatic N) is 1. The van der Waals surface area contributed by atoms with Crippen LogP contribution in [0, 0.1) is 0 Å². The molecule has 1 nitrogen and oxygen atoms in total. The molecule has 2 heterocycles. The first-order chi connectivity index (χ1) is 14.9. The first kappa shape index (κ1) is 15.1. The molecule has 1 heteroatoms. The Bertz CT molecular complexity index is 1820. The minimum atomic E-state index is 1.03. The zero-order chi connectivity index (χ0) is 19.4. The highest BCUT2D eigenvalue weighted by Crippen LogP contribution is 2.44. The predicted molar refractivity (Wildman–Crippen MR) is 127 cm³/mol. The van der Waals surface area contributed by atoms with Gasteiger partial charge in [0.1, 0.15) is 0 Å². The largest absolute Gasteiger partial charge is 0.307 e. The van der Waals surface area contributed by atoms with Crippen molar-refractivity contribution < 1.29 is 0 Å². The predicted octanol–water partition coefficient (Wildman–Crippen LogP) is 7.56. The van der Waals surface area contributed by atoms with Gasteiger partial charge in [-0.3, -0.25) is 0 Å². The number of rotatable bonds is 0. The second kappa shape index (κ2) is 5.01. The van der Waals surface area contributed by atoms with E-state index in [1.807, 2.05) is 0 Å².